The number of nitrogens with zero attached hydrogens (tertiary/aromatic N) is 2. The van der Waals surface area contributed by atoms with Crippen molar-refractivity contribution in [2.75, 3.05) is 0 Å². The summed E-state index contributed by atoms with van der Waals surface area (Å²) >= 11 is 1.82. The fourth-order valence-corrected chi connectivity index (χ4v) is 4.24. The lowest BCUT2D eigenvalue weighted by molar-refractivity contribution is 0.629. The predicted molar refractivity (Wildman–Crippen MR) is 97.9 cm³/mol. The van der Waals surface area contributed by atoms with Crippen molar-refractivity contribution >= 4 is 32.3 Å². The monoisotopic (exact) mass is 316 g/mol. The number of hydrogen-bond donors (Lipinski definition) is 0. The van der Waals surface area contributed by atoms with Gasteiger partial charge < -0.3 is 4.57 Å². The van der Waals surface area contributed by atoms with Crippen LogP contribution in [0.2, 0.25) is 0 Å². The summed E-state index contributed by atoms with van der Waals surface area (Å²) in [5.74, 6) is 0. The highest BCUT2D eigenvalue weighted by molar-refractivity contribution is 7.22. The lowest BCUT2D eigenvalue weighted by Crippen LogP contribution is -2.01. The number of thiophene rings is 1. The van der Waals surface area contributed by atoms with Gasteiger partial charge in [-0.2, -0.15) is 5.26 Å². The molecular weight excluding hydrogens is 300 g/mol. The maximum absolute atomic E-state index is 9.14. The topological polar surface area (TPSA) is 28.7 Å². The third-order valence-electron chi connectivity index (χ3n) is 4.16. The van der Waals surface area contributed by atoms with Crippen molar-refractivity contribution in [2.45, 2.75) is 19.9 Å². The molecule has 23 heavy (non-hydrogen) atoms. The van der Waals surface area contributed by atoms with E-state index in [2.05, 4.69) is 66.9 Å². The van der Waals surface area contributed by atoms with Gasteiger partial charge in [0, 0.05) is 21.6 Å². The van der Waals surface area contributed by atoms with Crippen LogP contribution < -0.4 is 0 Å². The van der Waals surface area contributed by atoms with E-state index in [0.717, 1.165) is 5.39 Å². The number of nitriles is 1. The van der Waals surface area contributed by atoms with Crippen LogP contribution in [0, 0.1) is 11.3 Å². The number of rotatable bonds is 2. The van der Waals surface area contributed by atoms with Gasteiger partial charge in [0.05, 0.1) is 22.2 Å². The minimum atomic E-state index is 0.362. The largest absolute Gasteiger partial charge is 0.337 e. The Bertz CT molecular complexity index is 1030. The fourth-order valence-electron chi connectivity index (χ4n) is 3.16. The van der Waals surface area contributed by atoms with Crippen molar-refractivity contribution in [2.24, 2.45) is 0 Å². The molecule has 0 aliphatic rings. The molecule has 2 heterocycles. The highest BCUT2D eigenvalue weighted by Crippen LogP contribution is 2.38. The number of fused-ring (bicyclic) bond motifs is 2. The average Bonchev–Trinajstić information content (AvgIpc) is 3.14. The van der Waals surface area contributed by atoms with Crippen LogP contribution in [0.4, 0.5) is 0 Å². The van der Waals surface area contributed by atoms with Gasteiger partial charge in [-0.1, -0.05) is 18.2 Å². The Labute approximate surface area is 139 Å². The molecule has 112 valence electrons. The van der Waals surface area contributed by atoms with Gasteiger partial charge in [0.15, 0.2) is 0 Å². The van der Waals surface area contributed by atoms with Crippen molar-refractivity contribution in [3.63, 3.8) is 0 Å². The molecule has 2 aromatic carbocycles. The first-order valence-electron chi connectivity index (χ1n) is 7.71. The van der Waals surface area contributed by atoms with Gasteiger partial charge in [0.1, 0.15) is 0 Å². The summed E-state index contributed by atoms with van der Waals surface area (Å²) in [5.41, 5.74) is 3.12. The van der Waals surface area contributed by atoms with Crippen molar-refractivity contribution in [3.05, 3.63) is 60.2 Å². The molecule has 0 amide bonds. The van der Waals surface area contributed by atoms with Crippen LogP contribution in [-0.4, -0.2) is 4.57 Å². The molecule has 0 radical (unpaired) electrons. The van der Waals surface area contributed by atoms with E-state index < -0.39 is 0 Å². The molecule has 0 aliphatic heterocycles. The molecule has 4 rings (SSSR count). The third kappa shape index (κ3) is 2.23. The van der Waals surface area contributed by atoms with Crippen LogP contribution in [0.15, 0.2) is 54.6 Å². The number of benzene rings is 2. The van der Waals surface area contributed by atoms with E-state index in [4.69, 9.17) is 5.26 Å². The van der Waals surface area contributed by atoms with E-state index in [1.54, 1.807) is 0 Å². The zero-order chi connectivity index (χ0) is 16.0. The molecule has 0 aliphatic carbocycles. The molecule has 0 unspecified atom stereocenters. The molecule has 4 aromatic rings. The van der Waals surface area contributed by atoms with Gasteiger partial charge in [-0.15, -0.1) is 11.3 Å². The van der Waals surface area contributed by atoms with Crippen LogP contribution in [0.1, 0.15) is 25.5 Å². The van der Waals surface area contributed by atoms with Gasteiger partial charge in [0.2, 0.25) is 0 Å². The Morgan fingerprint density at radius 1 is 1.00 bits per heavy atom. The summed E-state index contributed by atoms with van der Waals surface area (Å²) in [6, 6.07) is 21.5. The van der Waals surface area contributed by atoms with Gasteiger partial charge in [-0.3, -0.25) is 0 Å². The first kappa shape index (κ1) is 14.0. The summed E-state index contributed by atoms with van der Waals surface area (Å²) in [5, 5.41) is 11.6. The highest BCUT2D eigenvalue weighted by atomic mass is 32.1. The summed E-state index contributed by atoms with van der Waals surface area (Å²) in [7, 11) is 0. The summed E-state index contributed by atoms with van der Waals surface area (Å²) < 4.78 is 3.67. The van der Waals surface area contributed by atoms with Crippen molar-refractivity contribution in [1.29, 1.82) is 5.26 Å². The van der Waals surface area contributed by atoms with E-state index in [1.807, 2.05) is 23.5 Å². The smallest absolute Gasteiger partial charge is 0.0991 e. The second kappa shape index (κ2) is 5.26. The highest BCUT2D eigenvalue weighted by Gasteiger charge is 2.15. The van der Waals surface area contributed by atoms with E-state index in [0.29, 0.717) is 11.6 Å². The SMILES string of the molecule is CC(C)n1c(-c2cc3ccccc3s2)cc2cc(C#N)ccc21. The van der Waals surface area contributed by atoms with Gasteiger partial charge >= 0.3 is 0 Å². The van der Waals surface area contributed by atoms with Gasteiger partial charge in [0.25, 0.3) is 0 Å². The second-order valence-electron chi connectivity index (χ2n) is 6.03. The first-order chi connectivity index (χ1) is 11.2. The Hall–Kier alpha value is -2.57. The molecule has 0 saturated heterocycles. The van der Waals surface area contributed by atoms with Crippen LogP contribution >= 0.6 is 11.3 Å². The summed E-state index contributed by atoms with van der Waals surface area (Å²) in [6.45, 7) is 4.41. The third-order valence-corrected chi connectivity index (χ3v) is 5.30. The molecule has 3 heteroatoms. The Kier molecular flexibility index (Phi) is 3.21. The van der Waals surface area contributed by atoms with Crippen molar-refractivity contribution in [1.82, 2.24) is 4.57 Å². The van der Waals surface area contributed by atoms with Gasteiger partial charge in [-0.25, -0.2) is 0 Å². The van der Waals surface area contributed by atoms with E-state index in [-0.39, 0.29) is 0 Å². The lowest BCUT2D eigenvalue weighted by atomic mass is 10.1. The van der Waals surface area contributed by atoms with Crippen LogP contribution in [0.3, 0.4) is 0 Å². The Morgan fingerprint density at radius 2 is 1.83 bits per heavy atom. The summed E-state index contributed by atoms with van der Waals surface area (Å²) in [6.07, 6.45) is 0. The van der Waals surface area contributed by atoms with Gasteiger partial charge in [-0.05, 0) is 55.6 Å². The normalized spacial score (nSPS) is 11.4. The molecule has 0 fully saturated rings. The lowest BCUT2D eigenvalue weighted by Gasteiger charge is -2.13. The van der Waals surface area contributed by atoms with Crippen LogP contribution in [0.25, 0.3) is 31.6 Å². The molecule has 0 N–H and O–H groups in total. The fraction of sp³-hybridized carbons (Fsp3) is 0.150. The van der Waals surface area contributed by atoms with Crippen LogP contribution in [-0.2, 0) is 0 Å². The zero-order valence-corrected chi connectivity index (χ0v) is 13.9. The van der Waals surface area contributed by atoms with E-state index in [9.17, 15) is 0 Å². The summed E-state index contributed by atoms with van der Waals surface area (Å²) in [4.78, 5) is 1.27. The second-order valence-corrected chi connectivity index (χ2v) is 7.11. The van der Waals surface area contributed by atoms with E-state index >= 15 is 0 Å². The number of aromatic nitrogens is 1. The maximum Gasteiger partial charge on any atom is 0.0991 e. The van der Waals surface area contributed by atoms with Crippen LogP contribution in [0.5, 0.6) is 0 Å². The molecule has 0 saturated carbocycles. The quantitative estimate of drug-likeness (QED) is 0.447. The maximum atomic E-state index is 9.14. The standard InChI is InChI=1S/C20H16N2S/c1-13(2)22-17-8-7-14(12-21)9-16(17)10-18(22)20-11-15-5-3-4-6-19(15)23-20/h3-11,13H,1-2H3. The molecular formula is C20H16N2S. The minimum absolute atomic E-state index is 0.362. The van der Waals surface area contributed by atoms with E-state index in [1.165, 1.54) is 26.2 Å². The molecule has 0 spiro atoms. The van der Waals surface area contributed by atoms with Crippen molar-refractivity contribution in [3.8, 4) is 16.6 Å². The molecule has 0 bridgehead atoms. The number of hydrogen-bond acceptors (Lipinski definition) is 2. The molecule has 2 aromatic heterocycles. The first-order valence-corrected chi connectivity index (χ1v) is 8.53. The predicted octanol–water partition coefficient (Wildman–Crippen LogP) is 5.98. The average molecular weight is 316 g/mol. The molecule has 2 nitrogen and oxygen atoms in total. The molecule has 0 atom stereocenters. The Balaban J connectivity index is 2.01. The Morgan fingerprint density at radius 3 is 2.57 bits per heavy atom. The minimum Gasteiger partial charge on any atom is -0.337 e. The zero-order valence-electron chi connectivity index (χ0n) is 13.1. The van der Waals surface area contributed by atoms with Crippen molar-refractivity contribution < 1.29 is 0 Å².